The van der Waals surface area contributed by atoms with Gasteiger partial charge in [0.05, 0.1) is 16.7 Å². The third-order valence-electron chi connectivity index (χ3n) is 5.06. The van der Waals surface area contributed by atoms with Crippen LogP contribution < -0.4 is 4.72 Å². The third-order valence-corrected chi connectivity index (χ3v) is 8.47. The Balaban J connectivity index is 1.75. The van der Waals surface area contributed by atoms with Crippen molar-refractivity contribution >= 4 is 25.8 Å². The fraction of sp³-hybridized carbons (Fsp3) is 0.350. The van der Waals surface area contributed by atoms with E-state index in [-0.39, 0.29) is 17.2 Å². The summed E-state index contributed by atoms with van der Waals surface area (Å²) >= 11 is 0. The fourth-order valence-electron chi connectivity index (χ4n) is 3.61. The van der Waals surface area contributed by atoms with E-state index in [0.717, 1.165) is 18.2 Å². The van der Waals surface area contributed by atoms with Crippen LogP contribution in [0, 0.1) is 11.6 Å². The average Bonchev–Trinajstić information content (AvgIpc) is 3.14. The molecular weight excluding hydrogens is 450 g/mol. The van der Waals surface area contributed by atoms with Gasteiger partial charge in [0.1, 0.15) is 11.6 Å². The Morgan fingerprint density at radius 2 is 1.68 bits per heavy atom. The number of carbonyl (C=O) groups is 1. The maximum atomic E-state index is 13.9. The Bertz CT molecular complexity index is 1150. The first-order valence-electron chi connectivity index (χ1n) is 9.57. The first-order chi connectivity index (χ1) is 14.5. The van der Waals surface area contributed by atoms with Crippen molar-refractivity contribution in [3.8, 4) is 0 Å². The molecule has 2 atom stereocenters. The number of carbonyl (C=O) groups excluding carboxylic acids is 1. The summed E-state index contributed by atoms with van der Waals surface area (Å²) in [6, 6.07) is 8.48. The van der Waals surface area contributed by atoms with Gasteiger partial charge in [-0.2, -0.15) is 4.72 Å². The molecular formula is C20H22F2N2O5S2. The average molecular weight is 473 g/mol. The van der Waals surface area contributed by atoms with Gasteiger partial charge in [-0.1, -0.05) is 24.3 Å². The Hall–Kier alpha value is -2.37. The summed E-state index contributed by atoms with van der Waals surface area (Å²) < 4.78 is 80.0. The first-order valence-corrected chi connectivity index (χ1v) is 12.7. The number of benzene rings is 2. The minimum absolute atomic E-state index is 0.137. The number of nitrogens with one attached hydrogen (secondary N) is 1. The van der Waals surface area contributed by atoms with Gasteiger partial charge in [0.15, 0.2) is 14.7 Å². The Kier molecular flexibility index (Phi) is 6.77. The molecule has 0 bridgehead atoms. The lowest BCUT2D eigenvalue weighted by molar-refractivity contribution is -0.133. The second-order valence-electron chi connectivity index (χ2n) is 7.32. The lowest BCUT2D eigenvalue weighted by Gasteiger charge is -2.27. The van der Waals surface area contributed by atoms with Gasteiger partial charge in [-0.05, 0) is 44.0 Å². The molecule has 0 radical (unpaired) electrons. The molecule has 0 spiro atoms. The van der Waals surface area contributed by atoms with E-state index in [0.29, 0.717) is 12.8 Å². The molecule has 1 heterocycles. The van der Waals surface area contributed by atoms with E-state index in [1.54, 1.807) is 18.2 Å². The lowest BCUT2D eigenvalue weighted by Crippen LogP contribution is -2.50. The Morgan fingerprint density at radius 3 is 2.29 bits per heavy atom. The third kappa shape index (κ3) is 5.10. The molecule has 0 aliphatic carbocycles. The van der Waals surface area contributed by atoms with Gasteiger partial charge in [0, 0.05) is 12.6 Å². The van der Waals surface area contributed by atoms with Crippen molar-refractivity contribution in [1.82, 2.24) is 9.62 Å². The molecule has 11 heteroatoms. The van der Waals surface area contributed by atoms with Crippen LogP contribution in [0.5, 0.6) is 0 Å². The van der Waals surface area contributed by atoms with E-state index >= 15 is 0 Å². The summed E-state index contributed by atoms with van der Waals surface area (Å²) in [6.45, 7) is 1.51. The highest BCUT2D eigenvalue weighted by molar-refractivity contribution is 7.91. The van der Waals surface area contributed by atoms with Crippen LogP contribution in [0.2, 0.25) is 0 Å². The van der Waals surface area contributed by atoms with Crippen molar-refractivity contribution in [2.45, 2.75) is 41.6 Å². The van der Waals surface area contributed by atoms with Gasteiger partial charge in [-0.3, -0.25) is 4.79 Å². The van der Waals surface area contributed by atoms with Gasteiger partial charge in [0.25, 0.3) is 0 Å². The molecule has 0 saturated carbocycles. The molecule has 3 rings (SSSR count). The van der Waals surface area contributed by atoms with Crippen LogP contribution in [-0.4, -0.2) is 52.0 Å². The number of halogens is 2. The van der Waals surface area contributed by atoms with E-state index in [9.17, 15) is 30.4 Å². The fourth-order valence-corrected chi connectivity index (χ4v) is 6.56. The van der Waals surface area contributed by atoms with Crippen molar-refractivity contribution in [3.05, 3.63) is 60.2 Å². The zero-order valence-electron chi connectivity index (χ0n) is 16.7. The smallest absolute Gasteiger partial charge is 0.247 e. The number of amides is 1. The SMILES string of the molecule is CC(NS(=O)(=O)c1c(F)cccc1F)C(=O)N1CCCC1CS(=O)(=O)c1ccccc1. The number of nitrogens with zero attached hydrogens (tertiary/aromatic N) is 1. The van der Waals surface area contributed by atoms with Crippen molar-refractivity contribution < 1.29 is 30.4 Å². The monoisotopic (exact) mass is 472 g/mol. The van der Waals surface area contributed by atoms with Crippen molar-refractivity contribution in [2.24, 2.45) is 0 Å². The van der Waals surface area contributed by atoms with Gasteiger partial charge >= 0.3 is 0 Å². The molecule has 1 N–H and O–H groups in total. The highest BCUT2D eigenvalue weighted by atomic mass is 32.2. The Labute approximate surface area is 180 Å². The number of hydrogen-bond acceptors (Lipinski definition) is 5. The Morgan fingerprint density at radius 1 is 1.06 bits per heavy atom. The van der Waals surface area contributed by atoms with Crippen LogP contribution >= 0.6 is 0 Å². The summed E-state index contributed by atoms with van der Waals surface area (Å²) in [5, 5.41) is 0. The van der Waals surface area contributed by atoms with Crippen LogP contribution in [-0.2, 0) is 24.7 Å². The van der Waals surface area contributed by atoms with E-state index < -0.39 is 54.4 Å². The van der Waals surface area contributed by atoms with Crippen LogP contribution in [0.25, 0.3) is 0 Å². The van der Waals surface area contributed by atoms with Gasteiger partial charge in [0.2, 0.25) is 15.9 Å². The molecule has 2 aromatic carbocycles. The standard InChI is InChI=1S/C20H22F2N2O5S2/c1-14(23-31(28,29)19-17(21)10-5-11-18(19)22)20(25)24-12-6-7-15(24)13-30(26,27)16-8-3-2-4-9-16/h2-5,8-11,14-15,23H,6-7,12-13H2,1H3. The molecule has 1 aliphatic rings. The van der Waals surface area contributed by atoms with Crippen molar-refractivity contribution in [2.75, 3.05) is 12.3 Å². The van der Waals surface area contributed by atoms with E-state index in [1.165, 1.54) is 24.0 Å². The molecule has 2 aromatic rings. The van der Waals surface area contributed by atoms with Crippen LogP contribution in [0.3, 0.4) is 0 Å². The second kappa shape index (κ2) is 9.01. The lowest BCUT2D eigenvalue weighted by atomic mass is 10.2. The maximum absolute atomic E-state index is 13.9. The summed E-state index contributed by atoms with van der Waals surface area (Å²) in [4.78, 5) is 13.2. The second-order valence-corrected chi connectivity index (χ2v) is 11.0. The molecule has 2 unspecified atom stereocenters. The molecule has 168 valence electrons. The molecule has 1 amide bonds. The molecule has 1 saturated heterocycles. The normalized spacial score (nSPS) is 18.2. The summed E-state index contributed by atoms with van der Waals surface area (Å²) in [7, 11) is -8.31. The quantitative estimate of drug-likeness (QED) is 0.665. The van der Waals surface area contributed by atoms with Gasteiger partial charge < -0.3 is 4.90 Å². The number of sulfone groups is 1. The highest BCUT2D eigenvalue weighted by Crippen LogP contribution is 2.24. The van der Waals surface area contributed by atoms with Crippen molar-refractivity contribution in [1.29, 1.82) is 0 Å². The summed E-state index contributed by atoms with van der Waals surface area (Å²) in [6.07, 6.45) is 1.00. The highest BCUT2D eigenvalue weighted by Gasteiger charge is 2.36. The zero-order valence-corrected chi connectivity index (χ0v) is 18.3. The number of hydrogen-bond donors (Lipinski definition) is 1. The first kappa shape index (κ1) is 23.3. The van der Waals surface area contributed by atoms with Crippen LogP contribution in [0.1, 0.15) is 19.8 Å². The zero-order chi connectivity index (χ0) is 22.8. The summed E-state index contributed by atoms with van der Waals surface area (Å²) in [5.74, 6) is -3.52. The van der Waals surface area contributed by atoms with E-state index in [1.807, 2.05) is 4.72 Å². The predicted octanol–water partition coefficient (Wildman–Crippen LogP) is 2.10. The molecule has 7 nitrogen and oxygen atoms in total. The topological polar surface area (TPSA) is 101 Å². The predicted molar refractivity (Wildman–Crippen MR) is 109 cm³/mol. The van der Waals surface area contributed by atoms with E-state index in [2.05, 4.69) is 0 Å². The molecule has 0 aromatic heterocycles. The minimum Gasteiger partial charge on any atom is -0.337 e. The van der Waals surface area contributed by atoms with Gasteiger partial charge in [-0.25, -0.2) is 25.6 Å². The minimum atomic E-state index is -4.66. The summed E-state index contributed by atoms with van der Waals surface area (Å²) in [5.41, 5.74) is 0. The maximum Gasteiger partial charge on any atom is 0.247 e. The van der Waals surface area contributed by atoms with Crippen LogP contribution in [0.4, 0.5) is 8.78 Å². The van der Waals surface area contributed by atoms with Crippen molar-refractivity contribution in [3.63, 3.8) is 0 Å². The number of sulfonamides is 1. The largest absolute Gasteiger partial charge is 0.337 e. The van der Waals surface area contributed by atoms with E-state index in [4.69, 9.17) is 0 Å². The molecule has 31 heavy (non-hydrogen) atoms. The molecule has 1 fully saturated rings. The van der Waals surface area contributed by atoms with Crippen LogP contribution in [0.15, 0.2) is 58.3 Å². The number of likely N-dealkylation sites (tertiary alicyclic amines) is 1. The molecule has 1 aliphatic heterocycles. The number of rotatable bonds is 7. The van der Waals surface area contributed by atoms with Gasteiger partial charge in [-0.15, -0.1) is 0 Å².